The summed E-state index contributed by atoms with van der Waals surface area (Å²) in [6, 6.07) is -0.0772. The Kier molecular flexibility index (Phi) is 6.01. The molecular weight excluding hydrogens is 336 g/mol. The summed E-state index contributed by atoms with van der Waals surface area (Å²) >= 11 is 3.36. The van der Waals surface area contributed by atoms with E-state index in [9.17, 15) is 4.79 Å². The SMILES string of the molecule is COC1CCC2N=C(C3=NC(C(=O)OCCCO)CS3)SC2C1. The highest BCUT2D eigenvalue weighted by Gasteiger charge is 2.39. The zero-order valence-electron chi connectivity index (χ0n) is 13.1. The van der Waals surface area contributed by atoms with Gasteiger partial charge in [0, 0.05) is 31.1 Å². The minimum Gasteiger partial charge on any atom is -0.464 e. The maximum atomic E-state index is 11.9. The normalized spacial score (nSPS) is 33.1. The first-order valence-electron chi connectivity index (χ1n) is 7.97. The molecule has 0 amide bonds. The van der Waals surface area contributed by atoms with Crippen molar-refractivity contribution in [2.75, 3.05) is 26.1 Å². The van der Waals surface area contributed by atoms with Gasteiger partial charge in [-0.2, -0.15) is 0 Å². The van der Waals surface area contributed by atoms with Crippen LogP contribution in [-0.4, -0.2) is 70.7 Å². The molecule has 4 unspecified atom stereocenters. The van der Waals surface area contributed by atoms with Crippen LogP contribution >= 0.6 is 23.5 Å². The third-order valence-corrected chi connectivity index (χ3v) is 6.76. The van der Waals surface area contributed by atoms with E-state index in [0.29, 0.717) is 29.6 Å². The molecule has 0 saturated heterocycles. The first-order chi connectivity index (χ1) is 11.2. The monoisotopic (exact) mass is 358 g/mol. The van der Waals surface area contributed by atoms with Crippen LogP contribution in [0.1, 0.15) is 25.7 Å². The summed E-state index contributed by atoms with van der Waals surface area (Å²) in [5.74, 6) is 0.310. The zero-order valence-corrected chi connectivity index (χ0v) is 14.8. The van der Waals surface area contributed by atoms with E-state index in [1.807, 2.05) is 0 Å². The lowest BCUT2D eigenvalue weighted by atomic mass is 9.93. The molecule has 2 heterocycles. The van der Waals surface area contributed by atoms with Crippen LogP contribution in [0.5, 0.6) is 0 Å². The molecule has 6 nitrogen and oxygen atoms in total. The van der Waals surface area contributed by atoms with Gasteiger partial charge in [0.25, 0.3) is 0 Å². The molecule has 0 aromatic carbocycles. The Balaban J connectivity index is 1.56. The standard InChI is InChI=1S/C15H22N2O4S2/c1-20-9-3-4-10-12(7-9)23-14(16-10)13-17-11(8-22-13)15(19)21-6-2-5-18/h9-12,18H,2-8H2,1H3. The van der Waals surface area contributed by atoms with Crippen LogP contribution in [0.15, 0.2) is 9.98 Å². The number of aliphatic hydroxyl groups is 1. The van der Waals surface area contributed by atoms with Gasteiger partial charge >= 0.3 is 5.97 Å². The van der Waals surface area contributed by atoms with Crippen LogP contribution in [0.4, 0.5) is 0 Å². The molecule has 0 aromatic heterocycles. The second kappa shape index (κ2) is 8.00. The molecule has 1 saturated carbocycles. The van der Waals surface area contributed by atoms with E-state index in [1.165, 1.54) is 0 Å². The molecule has 0 spiro atoms. The number of aliphatic hydroxyl groups excluding tert-OH is 1. The lowest BCUT2D eigenvalue weighted by molar-refractivity contribution is -0.144. The first-order valence-corrected chi connectivity index (χ1v) is 9.83. The van der Waals surface area contributed by atoms with E-state index < -0.39 is 6.04 Å². The van der Waals surface area contributed by atoms with Crippen molar-refractivity contribution in [1.82, 2.24) is 0 Å². The Labute approximate surface area is 144 Å². The number of rotatable bonds is 6. The Morgan fingerprint density at radius 1 is 1.35 bits per heavy atom. The van der Waals surface area contributed by atoms with Gasteiger partial charge in [0.15, 0.2) is 6.04 Å². The van der Waals surface area contributed by atoms with E-state index in [1.54, 1.807) is 30.6 Å². The molecule has 0 radical (unpaired) electrons. The van der Waals surface area contributed by atoms with Crippen LogP contribution in [0, 0.1) is 0 Å². The third kappa shape index (κ3) is 4.10. The minimum atomic E-state index is -0.439. The zero-order chi connectivity index (χ0) is 16.2. The molecule has 128 valence electrons. The second-order valence-corrected chi connectivity index (χ2v) is 8.07. The van der Waals surface area contributed by atoms with Crippen LogP contribution in [0.2, 0.25) is 0 Å². The number of fused-ring (bicyclic) bond motifs is 1. The largest absolute Gasteiger partial charge is 0.464 e. The van der Waals surface area contributed by atoms with Gasteiger partial charge in [-0.3, -0.25) is 9.98 Å². The van der Waals surface area contributed by atoms with E-state index in [0.717, 1.165) is 29.3 Å². The van der Waals surface area contributed by atoms with E-state index in [4.69, 9.17) is 19.6 Å². The average Bonchev–Trinajstić information content (AvgIpc) is 3.20. The molecule has 3 aliphatic rings. The van der Waals surface area contributed by atoms with Crippen molar-refractivity contribution in [3.8, 4) is 0 Å². The van der Waals surface area contributed by atoms with Crippen molar-refractivity contribution in [1.29, 1.82) is 0 Å². The smallest absolute Gasteiger partial charge is 0.331 e. The molecule has 3 rings (SSSR count). The summed E-state index contributed by atoms with van der Waals surface area (Å²) in [5.41, 5.74) is 0. The molecule has 8 heteroatoms. The van der Waals surface area contributed by atoms with Crippen LogP contribution in [0.25, 0.3) is 0 Å². The molecule has 0 bridgehead atoms. The van der Waals surface area contributed by atoms with Gasteiger partial charge < -0.3 is 14.6 Å². The predicted octanol–water partition coefficient (Wildman–Crippen LogP) is 1.51. The molecule has 2 aliphatic heterocycles. The van der Waals surface area contributed by atoms with Crippen LogP contribution in [0.3, 0.4) is 0 Å². The number of hydrogen-bond donors (Lipinski definition) is 1. The van der Waals surface area contributed by atoms with Crippen molar-refractivity contribution in [3.63, 3.8) is 0 Å². The molecule has 1 N–H and O–H groups in total. The van der Waals surface area contributed by atoms with Crippen molar-refractivity contribution >= 4 is 39.6 Å². The first kappa shape index (κ1) is 17.3. The van der Waals surface area contributed by atoms with E-state index in [2.05, 4.69) is 4.99 Å². The van der Waals surface area contributed by atoms with Crippen LogP contribution in [-0.2, 0) is 14.3 Å². The number of nitrogens with zero attached hydrogens (tertiary/aromatic N) is 2. The second-order valence-electron chi connectivity index (χ2n) is 5.83. The fourth-order valence-corrected chi connectivity index (χ4v) is 5.47. The molecule has 4 atom stereocenters. The van der Waals surface area contributed by atoms with Gasteiger partial charge in [0.2, 0.25) is 0 Å². The summed E-state index contributed by atoms with van der Waals surface area (Å²) in [7, 11) is 1.77. The van der Waals surface area contributed by atoms with Crippen molar-refractivity contribution in [2.24, 2.45) is 9.98 Å². The number of carbonyl (C=O) groups is 1. The maximum absolute atomic E-state index is 11.9. The number of ether oxygens (including phenoxy) is 2. The molecular formula is C15H22N2O4S2. The third-order valence-electron chi connectivity index (χ3n) is 4.24. The lowest BCUT2D eigenvalue weighted by Crippen LogP contribution is -2.31. The van der Waals surface area contributed by atoms with Gasteiger partial charge in [-0.25, -0.2) is 4.79 Å². The Hall–Kier alpha value is -0.570. The summed E-state index contributed by atoms with van der Waals surface area (Å²) in [6.45, 7) is 0.277. The Bertz CT molecular complexity index is 512. The number of methoxy groups -OCH3 is 1. The van der Waals surface area contributed by atoms with Gasteiger partial charge in [-0.05, 0) is 19.3 Å². The highest BCUT2D eigenvalue weighted by Crippen LogP contribution is 2.40. The highest BCUT2D eigenvalue weighted by molar-refractivity contribution is 8.25. The molecule has 1 fully saturated rings. The number of aliphatic imine (C=N–C) groups is 2. The molecule has 23 heavy (non-hydrogen) atoms. The Morgan fingerprint density at radius 2 is 2.22 bits per heavy atom. The number of thioether (sulfide) groups is 2. The lowest BCUT2D eigenvalue weighted by Gasteiger charge is -2.28. The number of hydrogen-bond acceptors (Lipinski definition) is 8. The molecule has 1 aliphatic carbocycles. The summed E-state index contributed by atoms with van der Waals surface area (Å²) in [4.78, 5) is 21.2. The maximum Gasteiger partial charge on any atom is 0.331 e. The van der Waals surface area contributed by atoms with Gasteiger partial charge in [0.1, 0.15) is 10.1 Å². The summed E-state index contributed by atoms with van der Waals surface area (Å²) < 4.78 is 10.6. The van der Waals surface area contributed by atoms with Crippen molar-refractivity contribution < 1.29 is 19.4 Å². The van der Waals surface area contributed by atoms with E-state index in [-0.39, 0.29) is 19.2 Å². The summed E-state index contributed by atoms with van der Waals surface area (Å²) in [6.07, 6.45) is 3.96. The number of esters is 1. The molecule has 0 aromatic rings. The van der Waals surface area contributed by atoms with Crippen molar-refractivity contribution in [2.45, 2.75) is 49.1 Å². The van der Waals surface area contributed by atoms with Crippen LogP contribution < -0.4 is 0 Å². The predicted molar refractivity (Wildman–Crippen MR) is 93.6 cm³/mol. The number of carbonyl (C=O) groups excluding carboxylic acids is 1. The fourth-order valence-electron chi connectivity index (χ4n) is 2.94. The summed E-state index contributed by atoms with van der Waals surface area (Å²) in [5, 5.41) is 11.0. The topological polar surface area (TPSA) is 80.5 Å². The minimum absolute atomic E-state index is 0.0277. The van der Waals surface area contributed by atoms with Crippen molar-refractivity contribution in [3.05, 3.63) is 0 Å². The van der Waals surface area contributed by atoms with Gasteiger partial charge in [0.05, 0.1) is 18.8 Å². The van der Waals surface area contributed by atoms with Gasteiger partial charge in [-0.1, -0.05) is 11.8 Å². The Morgan fingerprint density at radius 3 is 3.00 bits per heavy atom. The quantitative estimate of drug-likeness (QED) is 0.573. The van der Waals surface area contributed by atoms with Gasteiger partial charge in [-0.15, -0.1) is 11.8 Å². The van der Waals surface area contributed by atoms with E-state index >= 15 is 0 Å². The fraction of sp³-hybridized carbons (Fsp3) is 0.800. The average molecular weight is 358 g/mol. The highest BCUT2D eigenvalue weighted by atomic mass is 32.2.